The molecule has 0 saturated carbocycles. The van der Waals surface area contributed by atoms with E-state index in [4.69, 9.17) is 0 Å². The lowest BCUT2D eigenvalue weighted by molar-refractivity contribution is -0.117. The van der Waals surface area contributed by atoms with Gasteiger partial charge in [0, 0.05) is 31.3 Å². The standard InChI is InChI=1S/C21H26N2O2/c1-14-9-10-19(13-17(14)4)22-20(25)11-12-23(18(5)24)21-15(2)7-6-8-16(21)3/h6-10,13H,11-12H2,1-5H3,(H,22,25). The Bertz CT molecular complexity index is 776. The van der Waals surface area contributed by atoms with Crippen LogP contribution >= 0.6 is 0 Å². The van der Waals surface area contributed by atoms with Gasteiger partial charge >= 0.3 is 0 Å². The largest absolute Gasteiger partial charge is 0.326 e. The first-order chi connectivity index (χ1) is 11.8. The van der Waals surface area contributed by atoms with E-state index in [0.29, 0.717) is 6.54 Å². The number of aryl methyl sites for hydroxylation is 4. The maximum absolute atomic E-state index is 12.3. The van der Waals surface area contributed by atoms with Gasteiger partial charge < -0.3 is 10.2 Å². The van der Waals surface area contributed by atoms with E-state index in [-0.39, 0.29) is 18.2 Å². The number of carbonyl (C=O) groups is 2. The lowest BCUT2D eigenvalue weighted by Gasteiger charge is -2.25. The van der Waals surface area contributed by atoms with Gasteiger partial charge in [0.25, 0.3) is 0 Å². The van der Waals surface area contributed by atoms with Gasteiger partial charge in [-0.2, -0.15) is 0 Å². The third kappa shape index (κ3) is 4.69. The van der Waals surface area contributed by atoms with Gasteiger partial charge in [0.1, 0.15) is 0 Å². The van der Waals surface area contributed by atoms with Crippen molar-refractivity contribution in [1.82, 2.24) is 0 Å². The number of hydrogen-bond acceptors (Lipinski definition) is 2. The number of nitrogens with one attached hydrogen (secondary N) is 1. The van der Waals surface area contributed by atoms with Crippen LogP contribution in [0, 0.1) is 27.7 Å². The zero-order chi connectivity index (χ0) is 18.6. The molecule has 0 heterocycles. The first-order valence-corrected chi connectivity index (χ1v) is 8.51. The summed E-state index contributed by atoms with van der Waals surface area (Å²) < 4.78 is 0. The number of benzene rings is 2. The Morgan fingerprint density at radius 2 is 1.56 bits per heavy atom. The number of rotatable bonds is 5. The Balaban J connectivity index is 2.07. The number of amides is 2. The predicted molar refractivity (Wildman–Crippen MR) is 103 cm³/mol. The molecule has 0 aliphatic heterocycles. The minimum atomic E-state index is -0.0965. The molecule has 0 atom stereocenters. The molecule has 0 saturated heterocycles. The molecule has 4 heteroatoms. The summed E-state index contributed by atoms with van der Waals surface area (Å²) in [4.78, 5) is 26.1. The van der Waals surface area contributed by atoms with Crippen molar-refractivity contribution >= 4 is 23.2 Å². The smallest absolute Gasteiger partial charge is 0.226 e. The molecule has 2 amide bonds. The fraction of sp³-hybridized carbons (Fsp3) is 0.333. The van der Waals surface area contributed by atoms with Gasteiger partial charge in [-0.15, -0.1) is 0 Å². The fourth-order valence-corrected chi connectivity index (χ4v) is 2.91. The number of hydrogen-bond donors (Lipinski definition) is 1. The molecule has 0 aliphatic rings. The maximum atomic E-state index is 12.3. The van der Waals surface area contributed by atoms with E-state index in [2.05, 4.69) is 5.32 Å². The molecule has 0 unspecified atom stereocenters. The topological polar surface area (TPSA) is 49.4 Å². The Morgan fingerprint density at radius 1 is 0.920 bits per heavy atom. The zero-order valence-corrected chi connectivity index (χ0v) is 15.6. The summed E-state index contributed by atoms with van der Waals surface area (Å²) in [6.45, 7) is 9.91. The summed E-state index contributed by atoms with van der Waals surface area (Å²) in [5, 5.41) is 2.91. The van der Waals surface area contributed by atoms with Crippen LogP contribution in [0.2, 0.25) is 0 Å². The lowest BCUT2D eigenvalue weighted by Crippen LogP contribution is -2.33. The average Bonchev–Trinajstić information content (AvgIpc) is 2.53. The minimum Gasteiger partial charge on any atom is -0.326 e. The minimum absolute atomic E-state index is 0.0589. The molecule has 0 aliphatic carbocycles. The molecule has 0 aromatic heterocycles. The Morgan fingerprint density at radius 3 is 2.12 bits per heavy atom. The monoisotopic (exact) mass is 338 g/mol. The highest BCUT2D eigenvalue weighted by molar-refractivity contribution is 5.95. The summed E-state index contributed by atoms with van der Waals surface area (Å²) in [7, 11) is 0. The van der Waals surface area contributed by atoms with Crippen molar-refractivity contribution in [3.63, 3.8) is 0 Å². The Hall–Kier alpha value is -2.62. The van der Waals surface area contributed by atoms with Gasteiger partial charge in [-0.05, 0) is 62.1 Å². The Kier molecular flexibility index (Phi) is 5.97. The second-order valence-electron chi connectivity index (χ2n) is 6.51. The van der Waals surface area contributed by atoms with Gasteiger partial charge in [0.2, 0.25) is 11.8 Å². The van der Waals surface area contributed by atoms with Crippen molar-refractivity contribution in [1.29, 1.82) is 0 Å². The van der Waals surface area contributed by atoms with Gasteiger partial charge in [0.15, 0.2) is 0 Å². The van der Waals surface area contributed by atoms with Crippen LogP contribution in [0.15, 0.2) is 36.4 Å². The van der Waals surface area contributed by atoms with E-state index in [0.717, 1.165) is 28.1 Å². The maximum Gasteiger partial charge on any atom is 0.226 e. The highest BCUT2D eigenvalue weighted by Crippen LogP contribution is 2.25. The number of para-hydroxylation sites is 1. The molecule has 0 spiro atoms. The molecule has 2 aromatic carbocycles. The zero-order valence-electron chi connectivity index (χ0n) is 15.6. The van der Waals surface area contributed by atoms with Crippen LogP contribution in [-0.4, -0.2) is 18.4 Å². The van der Waals surface area contributed by atoms with Crippen molar-refractivity contribution in [2.75, 3.05) is 16.8 Å². The van der Waals surface area contributed by atoms with Crippen LogP contribution in [0.25, 0.3) is 0 Å². The SMILES string of the molecule is CC(=O)N(CCC(=O)Nc1ccc(C)c(C)c1)c1c(C)cccc1C. The highest BCUT2D eigenvalue weighted by atomic mass is 16.2. The highest BCUT2D eigenvalue weighted by Gasteiger charge is 2.17. The summed E-state index contributed by atoms with van der Waals surface area (Å²) >= 11 is 0. The molecule has 0 bridgehead atoms. The molecule has 132 valence electrons. The molecule has 1 N–H and O–H groups in total. The quantitative estimate of drug-likeness (QED) is 0.883. The van der Waals surface area contributed by atoms with Gasteiger partial charge in [-0.25, -0.2) is 0 Å². The van der Waals surface area contributed by atoms with Gasteiger partial charge in [0.05, 0.1) is 0 Å². The van der Waals surface area contributed by atoms with Crippen LogP contribution in [0.1, 0.15) is 35.6 Å². The summed E-state index contributed by atoms with van der Waals surface area (Å²) in [5.74, 6) is -0.155. The second-order valence-corrected chi connectivity index (χ2v) is 6.51. The third-order valence-corrected chi connectivity index (χ3v) is 4.44. The van der Waals surface area contributed by atoms with Gasteiger partial charge in [-0.3, -0.25) is 9.59 Å². The molecule has 2 aromatic rings. The van der Waals surface area contributed by atoms with Crippen LogP contribution in [0.5, 0.6) is 0 Å². The average molecular weight is 338 g/mol. The molecule has 0 radical (unpaired) electrons. The van der Waals surface area contributed by atoms with Crippen LogP contribution in [0.3, 0.4) is 0 Å². The molecule has 2 rings (SSSR count). The lowest BCUT2D eigenvalue weighted by atomic mass is 10.1. The van der Waals surface area contributed by atoms with E-state index in [1.54, 1.807) is 4.90 Å². The summed E-state index contributed by atoms with van der Waals surface area (Å²) in [6.07, 6.45) is 0.250. The fourth-order valence-electron chi connectivity index (χ4n) is 2.91. The molecule has 25 heavy (non-hydrogen) atoms. The van der Waals surface area contributed by atoms with E-state index in [9.17, 15) is 9.59 Å². The number of carbonyl (C=O) groups excluding carboxylic acids is 2. The van der Waals surface area contributed by atoms with Crippen molar-refractivity contribution in [2.24, 2.45) is 0 Å². The Labute approximate surface area is 149 Å². The van der Waals surface area contributed by atoms with Crippen LogP contribution in [-0.2, 0) is 9.59 Å². The second kappa shape index (κ2) is 7.97. The molecule has 0 fully saturated rings. The van der Waals surface area contributed by atoms with Crippen molar-refractivity contribution < 1.29 is 9.59 Å². The van der Waals surface area contributed by atoms with Crippen molar-refractivity contribution in [2.45, 2.75) is 41.0 Å². The van der Waals surface area contributed by atoms with Gasteiger partial charge in [-0.1, -0.05) is 24.3 Å². The first kappa shape index (κ1) is 18.7. The van der Waals surface area contributed by atoms with E-state index < -0.39 is 0 Å². The van der Waals surface area contributed by atoms with Crippen molar-refractivity contribution in [3.8, 4) is 0 Å². The first-order valence-electron chi connectivity index (χ1n) is 8.51. The molecular weight excluding hydrogens is 312 g/mol. The van der Waals surface area contributed by atoms with Crippen molar-refractivity contribution in [3.05, 3.63) is 58.7 Å². The van der Waals surface area contributed by atoms with Crippen LogP contribution in [0.4, 0.5) is 11.4 Å². The molecule has 4 nitrogen and oxygen atoms in total. The third-order valence-electron chi connectivity index (χ3n) is 4.44. The van der Waals surface area contributed by atoms with E-state index in [1.165, 1.54) is 12.5 Å². The normalized spacial score (nSPS) is 10.4. The predicted octanol–water partition coefficient (Wildman–Crippen LogP) is 4.30. The number of nitrogens with zero attached hydrogens (tertiary/aromatic N) is 1. The summed E-state index contributed by atoms with van der Waals surface area (Å²) in [5.41, 5.74) is 6.08. The summed E-state index contributed by atoms with van der Waals surface area (Å²) in [6, 6.07) is 11.8. The van der Waals surface area contributed by atoms with Crippen LogP contribution < -0.4 is 10.2 Å². The van der Waals surface area contributed by atoms with E-state index >= 15 is 0 Å². The molecular formula is C21H26N2O2. The number of anilines is 2. The van der Waals surface area contributed by atoms with E-state index in [1.807, 2.05) is 64.1 Å².